The summed E-state index contributed by atoms with van der Waals surface area (Å²) >= 11 is 0. The fourth-order valence-corrected chi connectivity index (χ4v) is 6.11. The zero-order valence-corrected chi connectivity index (χ0v) is 20.6. The third-order valence-electron chi connectivity index (χ3n) is 7.05. The maximum atomic E-state index is 15.2. The maximum Gasteiger partial charge on any atom is 0.132 e. The quantitative estimate of drug-likeness (QED) is 0.557. The van der Waals surface area contributed by atoms with Crippen molar-refractivity contribution in [2.24, 2.45) is 16.7 Å². The summed E-state index contributed by atoms with van der Waals surface area (Å²) in [6.45, 7) is 16.3. The first-order valence-corrected chi connectivity index (χ1v) is 11.8. The zero-order valence-electron chi connectivity index (χ0n) is 19.8. The van der Waals surface area contributed by atoms with Crippen LogP contribution in [0.25, 0.3) is 5.57 Å². The van der Waals surface area contributed by atoms with Gasteiger partial charge in [0.05, 0.1) is 0 Å². The van der Waals surface area contributed by atoms with Crippen molar-refractivity contribution in [3.8, 4) is 0 Å². The van der Waals surface area contributed by atoms with Crippen LogP contribution >= 0.6 is 12.4 Å². The molecular formula is C26H40ClFN2O. The smallest absolute Gasteiger partial charge is 0.132 e. The topological polar surface area (TPSA) is 15.7 Å². The van der Waals surface area contributed by atoms with Gasteiger partial charge >= 0.3 is 0 Å². The van der Waals surface area contributed by atoms with E-state index in [0.717, 1.165) is 69.4 Å². The number of hydrogen-bond acceptors (Lipinski definition) is 3. The standard InChI is InChI=1S/C26H39FN2O.ClH/c1-25(2)16-21(17-26(3,4)19-25)24-22(27)6-5-7-23(24)29-12-10-28(11-13-29)18-20-8-14-30-15-9-20;/h5-7,16,20H,8-15,17-19H2,1-4H3;1H. The summed E-state index contributed by atoms with van der Waals surface area (Å²) in [4.78, 5) is 5.01. The highest BCUT2D eigenvalue weighted by molar-refractivity contribution is 5.85. The monoisotopic (exact) mass is 450 g/mol. The number of nitrogens with zero attached hydrogens (tertiary/aromatic N) is 2. The molecule has 1 aromatic carbocycles. The van der Waals surface area contributed by atoms with Gasteiger partial charge in [0.1, 0.15) is 5.82 Å². The Balaban J connectivity index is 0.00000272. The zero-order chi connectivity index (χ0) is 21.4. The number of rotatable bonds is 4. The van der Waals surface area contributed by atoms with E-state index < -0.39 is 0 Å². The largest absolute Gasteiger partial charge is 0.381 e. The van der Waals surface area contributed by atoms with E-state index in [-0.39, 0.29) is 29.1 Å². The molecule has 0 aromatic heterocycles. The normalized spacial score (nSPS) is 24.4. The molecule has 0 spiro atoms. The van der Waals surface area contributed by atoms with Crippen molar-refractivity contribution in [2.45, 2.75) is 53.4 Å². The molecular weight excluding hydrogens is 411 g/mol. The predicted octanol–water partition coefficient (Wildman–Crippen LogP) is 6.03. The fraction of sp³-hybridized carbons (Fsp3) is 0.692. The van der Waals surface area contributed by atoms with E-state index in [9.17, 15) is 0 Å². The van der Waals surface area contributed by atoms with Crippen molar-refractivity contribution >= 4 is 23.7 Å². The van der Waals surface area contributed by atoms with Crippen LogP contribution in [0, 0.1) is 22.6 Å². The molecule has 0 saturated carbocycles. The SMILES string of the molecule is CC1(C)C=C(c2c(F)cccc2N2CCN(CC3CCOCC3)CC2)CC(C)(C)C1.Cl. The molecule has 31 heavy (non-hydrogen) atoms. The average Bonchev–Trinajstić information content (AvgIpc) is 2.67. The number of hydrogen-bond donors (Lipinski definition) is 0. The Morgan fingerprint density at radius 3 is 2.35 bits per heavy atom. The molecule has 4 rings (SSSR count). The molecule has 174 valence electrons. The van der Waals surface area contributed by atoms with Crippen LogP contribution in [0.15, 0.2) is 24.3 Å². The van der Waals surface area contributed by atoms with E-state index in [1.54, 1.807) is 6.07 Å². The van der Waals surface area contributed by atoms with E-state index in [4.69, 9.17) is 4.74 Å². The lowest BCUT2D eigenvalue weighted by molar-refractivity contribution is 0.0517. The summed E-state index contributed by atoms with van der Waals surface area (Å²) in [5, 5.41) is 0. The van der Waals surface area contributed by atoms with Gasteiger partial charge in [-0.25, -0.2) is 4.39 Å². The van der Waals surface area contributed by atoms with Crippen LogP contribution in [-0.4, -0.2) is 50.8 Å². The molecule has 2 saturated heterocycles. The lowest BCUT2D eigenvalue weighted by Gasteiger charge is -2.42. The Kier molecular flexibility index (Phi) is 7.76. The Hall–Kier alpha value is -1.10. The van der Waals surface area contributed by atoms with Gasteiger partial charge in [0.25, 0.3) is 0 Å². The Morgan fingerprint density at radius 1 is 1.03 bits per heavy atom. The highest BCUT2D eigenvalue weighted by Crippen LogP contribution is 2.49. The number of piperazine rings is 1. The van der Waals surface area contributed by atoms with Crippen molar-refractivity contribution in [3.63, 3.8) is 0 Å². The van der Waals surface area contributed by atoms with E-state index >= 15 is 4.39 Å². The van der Waals surface area contributed by atoms with Crippen LogP contribution in [-0.2, 0) is 4.74 Å². The van der Waals surface area contributed by atoms with Crippen LogP contribution in [0.1, 0.15) is 58.9 Å². The molecule has 0 unspecified atom stereocenters. The molecule has 0 atom stereocenters. The second kappa shape index (κ2) is 9.80. The average molecular weight is 451 g/mol. The fourth-order valence-electron chi connectivity index (χ4n) is 6.11. The van der Waals surface area contributed by atoms with Gasteiger partial charge in [0.2, 0.25) is 0 Å². The van der Waals surface area contributed by atoms with Gasteiger partial charge in [-0.2, -0.15) is 0 Å². The minimum atomic E-state index is -0.0723. The number of ether oxygens (including phenoxy) is 1. The van der Waals surface area contributed by atoms with Gasteiger partial charge in [-0.1, -0.05) is 39.8 Å². The van der Waals surface area contributed by atoms with Gasteiger partial charge in [-0.15, -0.1) is 12.4 Å². The number of allylic oxidation sites excluding steroid dienone is 2. The molecule has 2 heterocycles. The molecule has 3 nitrogen and oxygen atoms in total. The van der Waals surface area contributed by atoms with Gasteiger partial charge in [-0.05, 0) is 60.1 Å². The van der Waals surface area contributed by atoms with E-state index in [1.807, 2.05) is 6.07 Å². The maximum absolute atomic E-state index is 15.2. The van der Waals surface area contributed by atoms with Crippen LogP contribution < -0.4 is 4.90 Å². The summed E-state index contributed by atoms with van der Waals surface area (Å²) < 4.78 is 20.7. The van der Waals surface area contributed by atoms with Crippen molar-refractivity contribution < 1.29 is 9.13 Å². The lowest BCUT2D eigenvalue weighted by Crippen LogP contribution is -2.48. The van der Waals surface area contributed by atoms with Crippen molar-refractivity contribution in [1.82, 2.24) is 4.90 Å². The van der Waals surface area contributed by atoms with Crippen LogP contribution in [0.3, 0.4) is 0 Å². The van der Waals surface area contributed by atoms with Gasteiger partial charge in [0, 0.05) is 57.2 Å². The summed E-state index contributed by atoms with van der Waals surface area (Å²) in [6.07, 6.45) is 6.79. The van der Waals surface area contributed by atoms with Crippen molar-refractivity contribution in [2.75, 3.05) is 50.8 Å². The summed E-state index contributed by atoms with van der Waals surface area (Å²) in [6, 6.07) is 5.64. The molecule has 0 bridgehead atoms. The Bertz CT molecular complexity index is 778. The third kappa shape index (κ3) is 6.03. The second-order valence-electron chi connectivity index (χ2n) is 11.2. The summed E-state index contributed by atoms with van der Waals surface area (Å²) in [7, 11) is 0. The van der Waals surface area contributed by atoms with Crippen LogP contribution in [0.4, 0.5) is 10.1 Å². The van der Waals surface area contributed by atoms with Crippen LogP contribution in [0.2, 0.25) is 0 Å². The molecule has 3 aliphatic rings. The van der Waals surface area contributed by atoms with E-state index in [1.165, 1.54) is 25.0 Å². The number of benzene rings is 1. The van der Waals surface area contributed by atoms with Gasteiger partial charge < -0.3 is 9.64 Å². The van der Waals surface area contributed by atoms with Crippen molar-refractivity contribution in [3.05, 3.63) is 35.7 Å². The summed E-state index contributed by atoms with van der Waals surface area (Å²) in [5.74, 6) is 0.698. The Morgan fingerprint density at radius 2 is 1.71 bits per heavy atom. The molecule has 1 aromatic rings. The highest BCUT2D eigenvalue weighted by Gasteiger charge is 2.35. The van der Waals surface area contributed by atoms with Crippen molar-refractivity contribution in [1.29, 1.82) is 0 Å². The van der Waals surface area contributed by atoms with E-state index in [0.29, 0.717) is 0 Å². The molecule has 0 radical (unpaired) electrons. The molecule has 2 fully saturated rings. The van der Waals surface area contributed by atoms with Crippen LogP contribution in [0.5, 0.6) is 0 Å². The first kappa shape index (κ1) is 24.5. The molecule has 0 amide bonds. The van der Waals surface area contributed by atoms with Gasteiger partial charge in [0.15, 0.2) is 0 Å². The third-order valence-corrected chi connectivity index (χ3v) is 7.05. The number of anilines is 1. The minimum Gasteiger partial charge on any atom is -0.381 e. The first-order chi connectivity index (χ1) is 14.2. The first-order valence-electron chi connectivity index (χ1n) is 11.8. The Labute approximate surface area is 194 Å². The van der Waals surface area contributed by atoms with E-state index in [2.05, 4.69) is 49.6 Å². The highest BCUT2D eigenvalue weighted by atomic mass is 35.5. The predicted molar refractivity (Wildman–Crippen MR) is 131 cm³/mol. The molecule has 1 aliphatic carbocycles. The summed E-state index contributed by atoms with van der Waals surface area (Å²) in [5.41, 5.74) is 3.40. The van der Waals surface area contributed by atoms with Gasteiger partial charge in [-0.3, -0.25) is 4.90 Å². The lowest BCUT2D eigenvalue weighted by atomic mass is 9.65. The number of halogens is 2. The second-order valence-corrected chi connectivity index (χ2v) is 11.2. The molecule has 2 aliphatic heterocycles. The molecule has 5 heteroatoms. The molecule has 0 N–H and O–H groups in total. The minimum absolute atomic E-state index is 0.